The Morgan fingerprint density at radius 2 is 0.840 bits per heavy atom. The Morgan fingerprint density at radius 3 is 1.35 bits per heavy atom. The maximum Gasteiger partial charge on any atom is 0.256 e. The van der Waals surface area contributed by atoms with E-state index in [4.69, 9.17) is 29.4 Å². The molecule has 0 atom stereocenters. The number of hydrogen-bond acceptors (Lipinski definition) is 8. The van der Waals surface area contributed by atoms with Crippen LogP contribution in [0.2, 0.25) is 0 Å². The van der Waals surface area contributed by atoms with E-state index in [1.165, 1.54) is 27.5 Å². The number of hydrogen-bond donors (Lipinski definition) is 0. The Bertz CT molecular complexity index is 5380. The highest BCUT2D eigenvalue weighted by Crippen LogP contribution is 2.57. The number of benzene rings is 7. The second kappa shape index (κ2) is 14.3. The van der Waals surface area contributed by atoms with Crippen molar-refractivity contribution < 1.29 is 9.47 Å². The molecule has 378 valence electrons. The van der Waals surface area contributed by atoms with Gasteiger partial charge >= 0.3 is 0 Å². The van der Waals surface area contributed by atoms with Crippen LogP contribution in [-0.4, -0.2) is 42.2 Å². The fourth-order valence-electron chi connectivity index (χ4n) is 16.5. The van der Waals surface area contributed by atoms with Crippen LogP contribution >= 0.6 is 0 Å². The van der Waals surface area contributed by atoms with Gasteiger partial charge in [0, 0.05) is 79.9 Å². The molecule has 15 aromatic rings. The Hall–Kier alpha value is -9.93. The summed E-state index contributed by atoms with van der Waals surface area (Å²) in [6.45, 7) is 9.17. The molecule has 0 saturated carbocycles. The fraction of sp³-hybridized carbons (Fsp3) is 0.101. The lowest BCUT2D eigenvalue weighted by molar-refractivity contribution is 0.402. The summed E-state index contributed by atoms with van der Waals surface area (Å²) in [5.41, 5.74) is 21.7. The zero-order valence-electron chi connectivity index (χ0n) is 44.6. The van der Waals surface area contributed by atoms with E-state index in [1.807, 2.05) is 30.9 Å². The van der Waals surface area contributed by atoms with Crippen LogP contribution < -0.4 is 52.1 Å². The van der Waals surface area contributed by atoms with Gasteiger partial charge in [-0.1, -0.05) is 94.4 Å². The molecule has 0 radical (unpaired) electrons. The van der Waals surface area contributed by atoms with Crippen LogP contribution in [0, 0.1) is 0 Å². The molecule has 20 rings (SSSR count). The number of ether oxygens (including phenoxy) is 2. The average Bonchev–Trinajstić information content (AvgIpc) is 2.14. The summed E-state index contributed by atoms with van der Waals surface area (Å²) < 4.78 is 19.8. The van der Waals surface area contributed by atoms with Crippen LogP contribution in [0.15, 0.2) is 183 Å². The summed E-state index contributed by atoms with van der Waals surface area (Å²) in [5, 5.41) is 8.59. The molecular formula is C69H44B2N8O2. The van der Waals surface area contributed by atoms with Gasteiger partial charge in [-0.15, -0.1) is 0 Å². The smallest absolute Gasteiger partial charge is 0.256 e. The first kappa shape index (κ1) is 43.0. The minimum Gasteiger partial charge on any atom is -0.458 e. The Morgan fingerprint density at radius 1 is 0.407 bits per heavy atom. The van der Waals surface area contributed by atoms with Crippen molar-refractivity contribution in [3.63, 3.8) is 0 Å². The Labute approximate surface area is 464 Å². The molecule has 7 aromatic carbocycles. The van der Waals surface area contributed by atoms with E-state index >= 15 is 0 Å². The summed E-state index contributed by atoms with van der Waals surface area (Å²) in [4.78, 5) is 25.7. The zero-order valence-corrected chi connectivity index (χ0v) is 44.6. The maximum absolute atomic E-state index is 7.78. The summed E-state index contributed by atoms with van der Waals surface area (Å²) in [6, 6.07) is 57.8. The number of nitrogens with zero attached hydrogens (tertiary/aromatic N) is 8. The minimum absolute atomic E-state index is 0.0568. The molecule has 10 nitrogen and oxygen atoms in total. The number of rotatable bonds is 2. The summed E-state index contributed by atoms with van der Waals surface area (Å²) in [6.07, 6.45) is 8.64. The fourth-order valence-corrected chi connectivity index (χ4v) is 16.5. The van der Waals surface area contributed by atoms with Crippen LogP contribution in [0.4, 0.5) is 34.1 Å². The normalized spacial score (nSPS) is 15.9. The third-order valence-corrected chi connectivity index (χ3v) is 19.2. The molecule has 0 saturated heterocycles. The van der Waals surface area contributed by atoms with Gasteiger partial charge in [-0.05, 0) is 152 Å². The van der Waals surface area contributed by atoms with Gasteiger partial charge in [-0.3, -0.25) is 8.80 Å². The molecule has 12 heteroatoms. The van der Waals surface area contributed by atoms with Crippen molar-refractivity contribution in [1.82, 2.24) is 28.7 Å². The number of pyridine rings is 4. The van der Waals surface area contributed by atoms with Gasteiger partial charge in [-0.25, -0.2) is 19.9 Å². The Balaban J connectivity index is 1.00. The third-order valence-electron chi connectivity index (χ3n) is 19.2. The lowest BCUT2D eigenvalue weighted by atomic mass is 9.30. The van der Waals surface area contributed by atoms with Gasteiger partial charge in [0.05, 0.1) is 33.2 Å². The van der Waals surface area contributed by atoms with Gasteiger partial charge in [0.15, 0.2) is 0 Å². The van der Waals surface area contributed by atoms with Gasteiger partial charge in [0.25, 0.3) is 13.4 Å². The van der Waals surface area contributed by atoms with E-state index in [1.54, 1.807) is 0 Å². The van der Waals surface area contributed by atoms with Crippen molar-refractivity contribution in [2.75, 3.05) is 9.80 Å². The summed E-state index contributed by atoms with van der Waals surface area (Å²) in [7, 11) is 0. The molecule has 0 N–H and O–H groups in total. The van der Waals surface area contributed by atoms with E-state index in [0.717, 1.165) is 157 Å². The topological polar surface area (TPSA) is 85.3 Å². The van der Waals surface area contributed by atoms with E-state index in [2.05, 4.69) is 198 Å². The van der Waals surface area contributed by atoms with E-state index in [-0.39, 0.29) is 24.3 Å². The second-order valence-corrected chi connectivity index (χ2v) is 24.3. The van der Waals surface area contributed by atoms with Crippen molar-refractivity contribution in [2.45, 2.75) is 44.9 Å². The molecule has 12 heterocycles. The average molecular weight is 1040 g/mol. The molecular weight excluding hydrogens is 994 g/mol. The molecule has 0 unspecified atom stereocenters. The molecule has 0 bridgehead atoms. The van der Waals surface area contributed by atoms with Crippen molar-refractivity contribution in [2.24, 2.45) is 0 Å². The molecule has 0 spiro atoms. The molecule has 4 aliphatic heterocycles. The molecule has 0 fully saturated rings. The molecule has 0 amide bonds. The number of para-hydroxylation sites is 3. The SMILES string of the molecule is CC1(C)CC(C)(C)c2cc3c(cc21)Oc1c2c(c4c5cccnc5n5c6ncccc6c1c45)N(c1ccccc1)c1cc4c(cc1B32)B1c2ccccc2Oc2c1c(c1c3cccnc3n3c5ncccc5c2c13)N4c1ccccc1. The number of fused-ring (bicyclic) bond motifs is 25. The minimum atomic E-state index is -0.247. The van der Waals surface area contributed by atoms with E-state index in [9.17, 15) is 0 Å². The van der Waals surface area contributed by atoms with Gasteiger partial charge in [0.2, 0.25) is 0 Å². The lowest BCUT2D eigenvalue weighted by Crippen LogP contribution is -2.64. The molecule has 5 aliphatic rings. The molecule has 8 aromatic heterocycles. The van der Waals surface area contributed by atoms with Crippen LogP contribution in [0.3, 0.4) is 0 Å². The quantitative estimate of drug-likeness (QED) is 0.158. The predicted molar refractivity (Wildman–Crippen MR) is 329 cm³/mol. The highest BCUT2D eigenvalue weighted by molar-refractivity contribution is 7.02. The summed E-state index contributed by atoms with van der Waals surface area (Å²) >= 11 is 0. The standard InChI is InChI=1S/C69H44B2N8O2/c1-68(2)35-69(3,4)43-32-51-47(31-42(43)68)71-46-33-45-48(34-49(46)77(37-19-9-6-10-20-37)61-53-39-22-14-28-73-65(39)79-59(53)55(63(81-51)57(61)71)41-24-16-30-75-67(41)79)76(36-17-7-5-8-18-36)60-52-38-21-13-27-72-64(38)78-58(52)54(40-23-15-29-74-66(40)78)62-56(60)70(45)44-25-11-12-26-50(44)80-62/h5-34H,35H2,1-4H3. The highest BCUT2D eigenvalue weighted by atomic mass is 16.5. The maximum atomic E-state index is 7.78. The molecule has 1 aliphatic carbocycles. The van der Waals surface area contributed by atoms with Gasteiger partial charge < -0.3 is 19.3 Å². The Kier molecular flexibility index (Phi) is 7.58. The largest absolute Gasteiger partial charge is 0.458 e. The van der Waals surface area contributed by atoms with Crippen LogP contribution in [0.25, 0.3) is 76.7 Å². The van der Waals surface area contributed by atoms with Crippen molar-refractivity contribution in [1.29, 1.82) is 0 Å². The van der Waals surface area contributed by atoms with E-state index < -0.39 is 0 Å². The van der Waals surface area contributed by atoms with Crippen molar-refractivity contribution in [3.8, 4) is 23.0 Å². The number of anilines is 6. The van der Waals surface area contributed by atoms with Gasteiger partial charge in [0.1, 0.15) is 45.6 Å². The predicted octanol–water partition coefficient (Wildman–Crippen LogP) is 12.3. The monoisotopic (exact) mass is 1040 g/mol. The van der Waals surface area contributed by atoms with Crippen LogP contribution in [0.5, 0.6) is 23.0 Å². The van der Waals surface area contributed by atoms with E-state index in [0.29, 0.717) is 0 Å². The molecule has 81 heavy (non-hydrogen) atoms. The lowest BCUT2D eigenvalue weighted by Gasteiger charge is -2.45. The highest BCUT2D eigenvalue weighted by Gasteiger charge is 2.52. The van der Waals surface area contributed by atoms with Crippen molar-refractivity contribution >= 4 is 157 Å². The van der Waals surface area contributed by atoms with Crippen molar-refractivity contribution in [3.05, 3.63) is 194 Å². The zero-order chi connectivity index (χ0) is 53.1. The van der Waals surface area contributed by atoms with Crippen LogP contribution in [-0.2, 0) is 10.8 Å². The second-order valence-electron chi connectivity index (χ2n) is 24.3. The van der Waals surface area contributed by atoms with Gasteiger partial charge in [-0.2, -0.15) is 0 Å². The summed E-state index contributed by atoms with van der Waals surface area (Å²) in [5.74, 6) is 3.50. The first-order valence-corrected chi connectivity index (χ1v) is 28.1. The first-order chi connectivity index (χ1) is 39.7. The number of aromatic nitrogens is 6. The first-order valence-electron chi connectivity index (χ1n) is 28.1. The van der Waals surface area contributed by atoms with Crippen LogP contribution in [0.1, 0.15) is 45.2 Å². The third kappa shape index (κ3) is 4.99.